The van der Waals surface area contributed by atoms with Gasteiger partial charge in [0.2, 0.25) is 0 Å². The van der Waals surface area contributed by atoms with Gasteiger partial charge in [-0.1, -0.05) is 98.1 Å². The highest BCUT2D eigenvalue weighted by Crippen LogP contribution is 2.42. The van der Waals surface area contributed by atoms with Crippen molar-refractivity contribution < 1.29 is 0 Å². The van der Waals surface area contributed by atoms with Crippen molar-refractivity contribution in [3.63, 3.8) is 0 Å². The molecule has 2 atom stereocenters. The molecule has 192 valence electrons. The zero-order valence-corrected chi connectivity index (χ0v) is 21.5. The van der Waals surface area contributed by atoms with Crippen LogP contribution < -0.4 is 5.69 Å². The number of benzene rings is 2. The van der Waals surface area contributed by atoms with E-state index in [0.717, 1.165) is 54.9 Å². The Kier molecular flexibility index (Phi) is 8.03. The molecule has 4 aromatic rings. The molecule has 37 heavy (non-hydrogen) atoms. The quantitative estimate of drug-likeness (QED) is 0.329. The van der Waals surface area contributed by atoms with E-state index < -0.39 is 0 Å². The summed E-state index contributed by atoms with van der Waals surface area (Å²) >= 11 is 0. The van der Waals surface area contributed by atoms with Crippen LogP contribution in [0.2, 0.25) is 0 Å². The molecule has 0 radical (unpaired) electrons. The van der Waals surface area contributed by atoms with Gasteiger partial charge in [-0.05, 0) is 41.9 Å². The zero-order valence-electron chi connectivity index (χ0n) is 21.5. The van der Waals surface area contributed by atoms with Crippen LogP contribution in [0.3, 0.4) is 0 Å². The van der Waals surface area contributed by atoms with E-state index in [1.54, 1.807) is 4.68 Å². The molecule has 0 saturated heterocycles. The Hall–Kier alpha value is -3.81. The number of nitrogens with one attached hydrogen (secondary N) is 1. The Morgan fingerprint density at radius 2 is 1.81 bits per heavy atom. The smallest absolute Gasteiger partial charge is 0.274 e. The van der Waals surface area contributed by atoms with Crippen molar-refractivity contribution in [1.29, 1.82) is 0 Å². The van der Waals surface area contributed by atoms with E-state index in [1.807, 2.05) is 47.1 Å². The molecular formula is C29H35N7O. The second kappa shape index (κ2) is 12.0. The number of tetrazole rings is 1. The van der Waals surface area contributed by atoms with Crippen LogP contribution in [0, 0.1) is 0 Å². The lowest BCUT2D eigenvalue weighted by Crippen LogP contribution is -2.25. The van der Waals surface area contributed by atoms with E-state index in [2.05, 4.69) is 51.8 Å². The molecule has 8 nitrogen and oxygen atoms in total. The summed E-state index contributed by atoms with van der Waals surface area (Å²) in [5, 5.41) is 19.6. The molecule has 2 heterocycles. The average molecular weight is 498 g/mol. The van der Waals surface area contributed by atoms with Gasteiger partial charge in [-0.15, -0.1) is 10.2 Å². The van der Waals surface area contributed by atoms with Gasteiger partial charge in [0.25, 0.3) is 0 Å². The Morgan fingerprint density at radius 3 is 2.54 bits per heavy atom. The van der Waals surface area contributed by atoms with Crippen molar-refractivity contribution in [2.75, 3.05) is 0 Å². The van der Waals surface area contributed by atoms with Gasteiger partial charge in [0.1, 0.15) is 5.82 Å². The van der Waals surface area contributed by atoms with Gasteiger partial charge in [0.05, 0.1) is 13.1 Å². The minimum Gasteiger partial charge on any atom is -0.274 e. The van der Waals surface area contributed by atoms with Crippen LogP contribution in [0.4, 0.5) is 0 Å². The van der Waals surface area contributed by atoms with Crippen LogP contribution >= 0.6 is 0 Å². The summed E-state index contributed by atoms with van der Waals surface area (Å²) in [6.45, 7) is 3.14. The Balaban J connectivity index is 1.33. The highest BCUT2D eigenvalue weighted by atomic mass is 16.2. The van der Waals surface area contributed by atoms with Crippen LogP contribution in [-0.2, 0) is 19.5 Å². The third-order valence-corrected chi connectivity index (χ3v) is 7.35. The van der Waals surface area contributed by atoms with Crippen molar-refractivity contribution in [2.45, 2.75) is 76.8 Å². The SMILES string of the molecule is CCCCc1nn(C/C=C/c2ccccc2)c(=O)n1Cc1ccc(C2CCCCC2c2nn[nH]n2)cc1. The van der Waals surface area contributed by atoms with Crippen molar-refractivity contribution in [3.05, 3.63) is 99.5 Å². The highest BCUT2D eigenvalue weighted by Gasteiger charge is 2.30. The first kappa shape index (κ1) is 24.9. The van der Waals surface area contributed by atoms with Crippen molar-refractivity contribution >= 4 is 6.08 Å². The third kappa shape index (κ3) is 5.96. The Bertz CT molecular complexity index is 1340. The fourth-order valence-corrected chi connectivity index (χ4v) is 5.35. The zero-order chi connectivity index (χ0) is 25.5. The molecule has 8 heteroatoms. The highest BCUT2D eigenvalue weighted by molar-refractivity contribution is 5.48. The number of nitrogens with zero attached hydrogens (tertiary/aromatic N) is 6. The summed E-state index contributed by atoms with van der Waals surface area (Å²) in [7, 11) is 0. The minimum absolute atomic E-state index is 0.0580. The van der Waals surface area contributed by atoms with Gasteiger partial charge < -0.3 is 0 Å². The fourth-order valence-electron chi connectivity index (χ4n) is 5.35. The lowest BCUT2D eigenvalue weighted by atomic mass is 9.75. The summed E-state index contributed by atoms with van der Waals surface area (Å²) in [5.74, 6) is 2.36. The number of rotatable bonds is 10. The first-order valence-electron chi connectivity index (χ1n) is 13.4. The molecule has 5 rings (SSSR count). The van der Waals surface area contributed by atoms with Gasteiger partial charge in [0, 0.05) is 12.3 Å². The minimum atomic E-state index is -0.0580. The molecule has 2 unspecified atom stereocenters. The van der Waals surface area contributed by atoms with Crippen LogP contribution in [0.15, 0.2) is 65.5 Å². The monoisotopic (exact) mass is 497 g/mol. The molecule has 0 amide bonds. The summed E-state index contributed by atoms with van der Waals surface area (Å²) in [5.41, 5.74) is 3.46. The molecule has 0 spiro atoms. The maximum absolute atomic E-state index is 13.3. The van der Waals surface area contributed by atoms with E-state index in [1.165, 1.54) is 18.4 Å². The van der Waals surface area contributed by atoms with Gasteiger partial charge in [-0.3, -0.25) is 4.57 Å². The summed E-state index contributed by atoms with van der Waals surface area (Å²) in [6.07, 6.45) is 11.5. The first-order valence-corrected chi connectivity index (χ1v) is 13.4. The van der Waals surface area contributed by atoms with Gasteiger partial charge >= 0.3 is 5.69 Å². The van der Waals surface area contributed by atoms with Crippen LogP contribution in [0.25, 0.3) is 6.08 Å². The van der Waals surface area contributed by atoms with Crippen molar-refractivity contribution in [2.24, 2.45) is 0 Å². The standard InChI is InChI=1S/C29H35N7O/c1-2-3-15-27-32-36(20-9-12-22-10-5-4-6-11-22)29(37)35(27)21-23-16-18-24(19-17-23)25-13-7-8-14-26(25)28-30-33-34-31-28/h4-6,9-12,16-19,25-26H,2-3,7-8,13-15,20-21H2,1H3,(H,30,31,33,34)/b12-9+. The second-order valence-corrected chi connectivity index (χ2v) is 9.89. The Morgan fingerprint density at radius 1 is 1.03 bits per heavy atom. The number of aromatic amines is 1. The number of allylic oxidation sites excluding steroid dienone is 1. The topological polar surface area (TPSA) is 94.3 Å². The van der Waals surface area contributed by atoms with Crippen LogP contribution in [0.1, 0.15) is 85.6 Å². The molecule has 1 aliphatic rings. The van der Waals surface area contributed by atoms with Crippen molar-refractivity contribution in [3.8, 4) is 0 Å². The predicted molar refractivity (Wildman–Crippen MR) is 144 cm³/mol. The van der Waals surface area contributed by atoms with Gasteiger partial charge in [-0.25, -0.2) is 9.48 Å². The molecular weight excluding hydrogens is 462 g/mol. The molecule has 1 aliphatic carbocycles. The van der Waals surface area contributed by atoms with Crippen LogP contribution in [-0.4, -0.2) is 35.0 Å². The molecule has 1 N–H and O–H groups in total. The van der Waals surface area contributed by atoms with E-state index in [-0.39, 0.29) is 5.69 Å². The number of H-pyrrole nitrogens is 1. The largest absolute Gasteiger partial charge is 0.346 e. The maximum atomic E-state index is 13.3. The molecule has 2 aromatic carbocycles. The van der Waals surface area contributed by atoms with Gasteiger partial charge in [-0.2, -0.15) is 10.3 Å². The van der Waals surface area contributed by atoms with Gasteiger partial charge in [0.15, 0.2) is 5.82 Å². The first-order chi connectivity index (χ1) is 18.2. The van der Waals surface area contributed by atoms with E-state index in [4.69, 9.17) is 5.10 Å². The number of hydrogen-bond donors (Lipinski definition) is 1. The lowest BCUT2D eigenvalue weighted by Gasteiger charge is -2.29. The average Bonchev–Trinajstić information content (AvgIpc) is 3.58. The van der Waals surface area contributed by atoms with E-state index in [0.29, 0.717) is 24.9 Å². The summed E-state index contributed by atoms with van der Waals surface area (Å²) < 4.78 is 3.42. The predicted octanol–water partition coefficient (Wildman–Crippen LogP) is 5.10. The third-order valence-electron chi connectivity index (χ3n) is 7.35. The van der Waals surface area contributed by atoms with E-state index >= 15 is 0 Å². The maximum Gasteiger partial charge on any atom is 0.346 e. The summed E-state index contributed by atoms with van der Waals surface area (Å²) in [6, 6.07) is 18.8. The van der Waals surface area contributed by atoms with Crippen LogP contribution in [0.5, 0.6) is 0 Å². The molecule has 2 aromatic heterocycles. The lowest BCUT2D eigenvalue weighted by molar-refractivity contribution is 0.373. The molecule has 0 aliphatic heterocycles. The number of aryl methyl sites for hydroxylation is 1. The molecule has 0 bridgehead atoms. The molecule has 1 saturated carbocycles. The second-order valence-electron chi connectivity index (χ2n) is 9.89. The number of aromatic nitrogens is 7. The summed E-state index contributed by atoms with van der Waals surface area (Å²) in [4.78, 5) is 13.3. The fraction of sp³-hybridized carbons (Fsp3) is 0.414. The number of hydrogen-bond acceptors (Lipinski definition) is 5. The Labute approximate surface area is 217 Å². The normalized spacial score (nSPS) is 18.0. The number of unbranched alkanes of at least 4 members (excludes halogenated alkanes) is 1. The van der Waals surface area contributed by atoms with Crippen molar-refractivity contribution in [1.82, 2.24) is 35.0 Å². The van der Waals surface area contributed by atoms with E-state index in [9.17, 15) is 4.79 Å². The molecule has 1 fully saturated rings.